The zero-order valence-electron chi connectivity index (χ0n) is 48.0. The van der Waals surface area contributed by atoms with Gasteiger partial charge in [0.15, 0.2) is 0 Å². The third kappa shape index (κ3) is 8.55. The van der Waals surface area contributed by atoms with Gasteiger partial charge in [0.2, 0.25) is 0 Å². The molecule has 2 aliphatic carbocycles. The minimum atomic E-state index is -0.213. The van der Waals surface area contributed by atoms with Crippen LogP contribution in [-0.2, 0) is 11.8 Å². The number of aromatic nitrogens is 2. The molecule has 2 aromatic heterocycles. The van der Waals surface area contributed by atoms with Crippen LogP contribution in [0.5, 0.6) is 0 Å². The van der Waals surface area contributed by atoms with Crippen molar-refractivity contribution in [1.82, 2.24) is 9.13 Å². The van der Waals surface area contributed by atoms with Crippen LogP contribution >= 0.6 is 0 Å². The lowest BCUT2D eigenvalue weighted by Gasteiger charge is -2.29. The van der Waals surface area contributed by atoms with Gasteiger partial charge in [-0.3, -0.25) is 0 Å². The molecule has 0 radical (unpaired) electrons. The van der Waals surface area contributed by atoms with Gasteiger partial charge in [0.25, 0.3) is 0 Å². The van der Waals surface area contributed by atoms with Gasteiger partial charge in [-0.05, 0) is 186 Å². The summed E-state index contributed by atoms with van der Waals surface area (Å²) in [7, 11) is 0. The summed E-state index contributed by atoms with van der Waals surface area (Å²) in [6, 6.07) is 112. The maximum absolute atomic E-state index is 2.50. The highest BCUT2D eigenvalue weighted by Gasteiger charge is 2.48. The summed E-state index contributed by atoms with van der Waals surface area (Å²) in [6.45, 7) is 0. The van der Waals surface area contributed by atoms with Crippen LogP contribution in [0.3, 0.4) is 0 Å². The first-order valence-corrected chi connectivity index (χ1v) is 30.4. The predicted octanol–water partition coefficient (Wildman–Crippen LogP) is 22.2. The molecule has 13 aromatic carbocycles. The first kappa shape index (κ1) is 50.5. The Hall–Kier alpha value is -11.1. The fraction of sp³-hybridized carbons (Fsp3) is 0.0353. The largest absolute Gasteiger partial charge is 0.309 e. The summed E-state index contributed by atoms with van der Waals surface area (Å²) in [5.74, 6) is 0. The summed E-state index contributed by atoms with van der Waals surface area (Å²) in [6.07, 6.45) is 11.0. The van der Waals surface area contributed by atoms with Crippen molar-refractivity contribution in [3.63, 3.8) is 0 Å². The minimum Gasteiger partial charge on any atom is -0.309 e. The summed E-state index contributed by atoms with van der Waals surface area (Å²) >= 11 is 0. The lowest BCUT2D eigenvalue weighted by Crippen LogP contribution is -2.23. The zero-order chi connectivity index (χ0) is 57.4. The molecule has 2 heteroatoms. The number of hydrogen-bond donors (Lipinski definition) is 0. The Balaban J connectivity index is 0.600. The molecule has 0 saturated carbocycles. The Bertz CT molecular complexity index is 4910. The second-order valence-electron chi connectivity index (χ2n) is 23.6. The van der Waals surface area contributed by atoms with E-state index in [-0.39, 0.29) is 5.41 Å². The number of benzene rings is 13. The molecule has 0 aliphatic heterocycles. The quantitative estimate of drug-likeness (QED) is 0.121. The Morgan fingerprint density at radius 2 is 0.586 bits per heavy atom. The van der Waals surface area contributed by atoms with Crippen LogP contribution in [0.15, 0.2) is 303 Å². The average Bonchev–Trinajstić information content (AvgIpc) is 1.58. The highest BCUT2D eigenvalue weighted by molar-refractivity contribution is 6.12. The van der Waals surface area contributed by atoms with Gasteiger partial charge in [-0.2, -0.15) is 0 Å². The summed E-state index contributed by atoms with van der Waals surface area (Å²) < 4.78 is 4.74. The number of nitrogens with zero attached hydrogens (tertiary/aromatic N) is 2. The molecule has 17 rings (SSSR count). The molecule has 0 fully saturated rings. The van der Waals surface area contributed by atoms with E-state index in [4.69, 9.17) is 0 Å². The van der Waals surface area contributed by atoms with Gasteiger partial charge >= 0.3 is 0 Å². The van der Waals surface area contributed by atoms with E-state index in [1.807, 2.05) is 0 Å². The normalized spacial score (nSPS) is 14.3. The van der Waals surface area contributed by atoms with Crippen molar-refractivity contribution in [3.8, 4) is 67.0 Å². The molecule has 0 unspecified atom stereocenters. The molecule has 0 bridgehead atoms. The van der Waals surface area contributed by atoms with E-state index >= 15 is 0 Å². The summed E-state index contributed by atoms with van der Waals surface area (Å²) in [4.78, 5) is 0. The number of hydrogen-bond acceptors (Lipinski definition) is 0. The van der Waals surface area contributed by atoms with Crippen molar-refractivity contribution < 1.29 is 0 Å². The average molecular weight is 1110 g/mol. The van der Waals surface area contributed by atoms with E-state index in [0.717, 1.165) is 12.8 Å². The molecule has 0 atom stereocenters. The highest BCUT2D eigenvalue weighted by Crippen LogP contribution is 2.59. The highest BCUT2D eigenvalue weighted by atomic mass is 15.0. The van der Waals surface area contributed by atoms with E-state index in [9.17, 15) is 0 Å². The monoisotopic (exact) mass is 1110 g/mol. The molecule has 87 heavy (non-hydrogen) atoms. The molecule has 15 aromatic rings. The number of aryl methyl sites for hydroxylation is 1. The first-order chi connectivity index (χ1) is 43.1. The standard InChI is InChI=1S/C85H58N2/c1-3-14-70(15-4-1)86-81-21-11-8-18-74(81)76-53-66(45-49-83(76)86)61-35-27-57(28-36-61)23-25-59-31-39-63(40-32-59)68-43-47-72-73-48-44-69(56-80(73)85(79(72)55-68)52-51-65-13-7-10-20-78(65)85)64-41-33-60(34-42-64)26-24-58-29-37-62(38-30-58)67-46-50-84-77(54-67)75-19-9-12-22-82(75)87(84)71-16-5-2-6-17-71/h1-50,53-56H,51-52H2. The molecule has 2 heterocycles. The first-order valence-electron chi connectivity index (χ1n) is 30.4. The summed E-state index contributed by atoms with van der Waals surface area (Å²) in [5, 5.41) is 5.06. The van der Waals surface area contributed by atoms with Crippen molar-refractivity contribution in [3.05, 3.63) is 348 Å². The van der Waals surface area contributed by atoms with Crippen molar-refractivity contribution >= 4 is 67.9 Å². The van der Waals surface area contributed by atoms with Gasteiger partial charge in [-0.25, -0.2) is 0 Å². The Morgan fingerprint density at radius 3 is 1.01 bits per heavy atom. The van der Waals surface area contributed by atoms with Gasteiger partial charge in [0, 0.05) is 38.3 Å². The topological polar surface area (TPSA) is 9.86 Å². The van der Waals surface area contributed by atoms with Crippen LogP contribution in [-0.4, -0.2) is 9.13 Å². The third-order valence-corrected chi connectivity index (χ3v) is 18.8. The molecule has 2 nitrogen and oxygen atoms in total. The third-order valence-electron chi connectivity index (χ3n) is 18.8. The second-order valence-corrected chi connectivity index (χ2v) is 23.6. The van der Waals surface area contributed by atoms with E-state index in [1.165, 1.54) is 155 Å². The number of rotatable bonds is 10. The molecule has 0 amide bonds. The van der Waals surface area contributed by atoms with Crippen LogP contribution in [0.1, 0.15) is 50.9 Å². The Morgan fingerprint density at radius 1 is 0.253 bits per heavy atom. The Labute approximate surface area is 507 Å². The van der Waals surface area contributed by atoms with Crippen LogP contribution in [0, 0.1) is 0 Å². The molecule has 0 N–H and O–H groups in total. The lowest BCUT2D eigenvalue weighted by molar-refractivity contribution is 0.626. The van der Waals surface area contributed by atoms with Crippen LogP contribution in [0.25, 0.3) is 135 Å². The molecule has 2 aliphatic rings. The van der Waals surface area contributed by atoms with Crippen LogP contribution < -0.4 is 0 Å². The van der Waals surface area contributed by atoms with Crippen LogP contribution in [0.2, 0.25) is 0 Å². The fourth-order valence-electron chi connectivity index (χ4n) is 14.5. The zero-order valence-corrected chi connectivity index (χ0v) is 48.0. The number of fused-ring (bicyclic) bond motifs is 13. The van der Waals surface area contributed by atoms with Crippen molar-refractivity contribution in [2.24, 2.45) is 0 Å². The fourth-order valence-corrected chi connectivity index (χ4v) is 14.5. The molecule has 408 valence electrons. The van der Waals surface area contributed by atoms with Crippen molar-refractivity contribution in [2.45, 2.75) is 18.3 Å². The summed E-state index contributed by atoms with van der Waals surface area (Å²) in [5.41, 5.74) is 30.0. The van der Waals surface area contributed by atoms with Gasteiger partial charge in [-0.1, -0.05) is 255 Å². The van der Waals surface area contributed by atoms with E-state index in [2.05, 4.69) is 337 Å². The van der Waals surface area contributed by atoms with Gasteiger partial charge in [-0.15, -0.1) is 0 Å². The van der Waals surface area contributed by atoms with Gasteiger partial charge in [0.05, 0.1) is 22.1 Å². The van der Waals surface area contributed by atoms with Crippen molar-refractivity contribution in [1.29, 1.82) is 0 Å². The SMILES string of the molecule is C(=Cc1ccc(-c2ccc3c(c2)c2ccccc2n3-c2ccccc2)cc1)c1ccc(-c2ccc3c(c2)C2(CCc4ccccc42)c2cc(-c4ccc(C=Cc5ccc(-c6ccc7c(c6)c6ccccc6n7-c6ccccc6)cc5)cc4)ccc2-3)cc1. The van der Waals surface area contributed by atoms with E-state index < -0.39 is 0 Å². The van der Waals surface area contributed by atoms with Gasteiger partial charge in [0.1, 0.15) is 0 Å². The molecule has 0 saturated heterocycles. The number of para-hydroxylation sites is 4. The second kappa shape index (κ2) is 20.6. The maximum Gasteiger partial charge on any atom is 0.0541 e. The van der Waals surface area contributed by atoms with Crippen molar-refractivity contribution in [2.75, 3.05) is 0 Å². The molecular weight excluding hydrogens is 1050 g/mol. The maximum atomic E-state index is 2.50. The lowest BCUT2D eigenvalue weighted by atomic mass is 9.72. The molecule has 1 spiro atoms. The van der Waals surface area contributed by atoms with Gasteiger partial charge < -0.3 is 9.13 Å². The Kier molecular flexibility index (Phi) is 12.0. The van der Waals surface area contributed by atoms with Crippen LogP contribution in [0.4, 0.5) is 0 Å². The molecular formula is C85H58N2. The minimum absolute atomic E-state index is 0.213. The smallest absolute Gasteiger partial charge is 0.0541 e. The predicted molar refractivity (Wildman–Crippen MR) is 368 cm³/mol. The van der Waals surface area contributed by atoms with E-state index in [1.54, 1.807) is 0 Å². The van der Waals surface area contributed by atoms with E-state index in [0.29, 0.717) is 0 Å².